The molecule has 10 heteroatoms. The summed E-state index contributed by atoms with van der Waals surface area (Å²) in [6.07, 6.45) is 8.52. The van der Waals surface area contributed by atoms with Crippen LogP contribution < -0.4 is 9.47 Å². The smallest absolute Gasteiger partial charge is 0.132 e. The SMILES string of the molecule is Brc1ccc2c(c1)C1(c3cc(Br)ccc3O2)c2cccnc2-c2ncccc21.c1ccc2c(c1)Cc1ccccc1-2.c1cnc2c(c1)C1(c3cc(-n4c5ccccc5c5ccccc54)ccc3Oc3ccc(-n4c5ccccc5c5ccccc54)cc31)c1cccnc1-2. The summed E-state index contributed by atoms with van der Waals surface area (Å²) in [6, 6.07) is 94.5. The van der Waals surface area contributed by atoms with E-state index in [2.05, 4.69) is 272 Å². The predicted molar refractivity (Wildman–Crippen MR) is 378 cm³/mol. The molecular formula is C83H50Br2N6O2. The van der Waals surface area contributed by atoms with Crippen molar-refractivity contribution in [1.82, 2.24) is 29.1 Å². The normalized spacial score (nSPS) is 13.8. The zero-order valence-electron chi connectivity index (χ0n) is 49.7. The Morgan fingerprint density at radius 2 is 0.591 bits per heavy atom. The number of aromatic nitrogens is 6. The minimum absolute atomic E-state index is 0.524. The summed E-state index contributed by atoms with van der Waals surface area (Å²) in [5, 5.41) is 4.92. The summed E-state index contributed by atoms with van der Waals surface area (Å²) in [4.78, 5) is 19.4. The van der Waals surface area contributed by atoms with Gasteiger partial charge in [-0.3, -0.25) is 19.9 Å². The first kappa shape index (κ1) is 53.8. The molecule has 21 rings (SSSR count). The molecule has 0 bridgehead atoms. The first-order valence-electron chi connectivity index (χ1n) is 31.2. The van der Waals surface area contributed by atoms with E-state index in [9.17, 15) is 0 Å². The van der Waals surface area contributed by atoms with Crippen LogP contribution in [0.1, 0.15) is 55.6 Å². The number of rotatable bonds is 2. The van der Waals surface area contributed by atoms with E-state index in [1.54, 1.807) is 0 Å². The van der Waals surface area contributed by atoms with Crippen molar-refractivity contribution in [1.29, 1.82) is 0 Å². The van der Waals surface area contributed by atoms with Crippen molar-refractivity contribution in [3.8, 4) is 68.3 Å². The van der Waals surface area contributed by atoms with E-state index in [-0.39, 0.29) is 0 Å². The lowest BCUT2D eigenvalue weighted by atomic mass is 9.66. The topological polar surface area (TPSA) is 79.9 Å². The van der Waals surface area contributed by atoms with Crippen molar-refractivity contribution in [2.24, 2.45) is 0 Å². The van der Waals surface area contributed by atoms with Crippen LogP contribution in [0.25, 0.3) is 88.9 Å². The third kappa shape index (κ3) is 7.76. The monoisotopic (exact) mass is 1320 g/mol. The fraction of sp³-hybridized carbons (Fsp3) is 0.0361. The number of hydrogen-bond donors (Lipinski definition) is 0. The average molecular weight is 1320 g/mol. The lowest BCUT2D eigenvalue weighted by Crippen LogP contribution is -2.32. The average Bonchev–Trinajstić information content (AvgIpc) is 1.58. The quantitative estimate of drug-likeness (QED) is 0.172. The summed E-state index contributed by atoms with van der Waals surface area (Å²) >= 11 is 7.32. The molecule has 0 radical (unpaired) electrons. The molecule has 5 aliphatic rings. The fourth-order valence-corrected chi connectivity index (χ4v) is 16.6. The molecule has 3 aliphatic carbocycles. The van der Waals surface area contributed by atoms with Gasteiger partial charge in [-0.2, -0.15) is 0 Å². The van der Waals surface area contributed by atoms with Crippen molar-refractivity contribution in [2.45, 2.75) is 17.3 Å². The minimum Gasteiger partial charge on any atom is -0.457 e. The van der Waals surface area contributed by atoms with E-state index in [1.807, 2.05) is 61.2 Å². The molecule has 0 saturated heterocycles. The predicted octanol–water partition coefficient (Wildman–Crippen LogP) is 20.9. The van der Waals surface area contributed by atoms with Crippen molar-refractivity contribution >= 4 is 75.5 Å². The zero-order valence-corrected chi connectivity index (χ0v) is 52.8. The zero-order chi connectivity index (χ0) is 61.5. The van der Waals surface area contributed by atoms with Crippen LogP contribution in [0.2, 0.25) is 0 Å². The molecule has 93 heavy (non-hydrogen) atoms. The number of benzene rings is 10. The van der Waals surface area contributed by atoms with E-state index in [4.69, 9.17) is 29.4 Å². The number of halogens is 2. The van der Waals surface area contributed by atoms with Gasteiger partial charge in [0, 0.05) is 88.9 Å². The molecule has 8 nitrogen and oxygen atoms in total. The van der Waals surface area contributed by atoms with Crippen LogP contribution in [0.3, 0.4) is 0 Å². The number of ether oxygens (including phenoxy) is 2. The molecule has 438 valence electrons. The van der Waals surface area contributed by atoms with Gasteiger partial charge < -0.3 is 18.6 Å². The van der Waals surface area contributed by atoms with E-state index in [1.165, 1.54) is 65.9 Å². The maximum absolute atomic E-state index is 6.93. The van der Waals surface area contributed by atoms with Crippen LogP contribution in [0.5, 0.6) is 23.0 Å². The molecular weight excluding hydrogens is 1270 g/mol. The molecule has 0 saturated carbocycles. The fourth-order valence-electron chi connectivity index (χ4n) is 15.9. The van der Waals surface area contributed by atoms with E-state index in [0.29, 0.717) is 0 Å². The number of fused-ring (bicyclic) bond motifs is 27. The highest BCUT2D eigenvalue weighted by Gasteiger charge is 2.54. The number of pyridine rings is 4. The van der Waals surface area contributed by atoms with Gasteiger partial charge in [0.05, 0.1) is 55.7 Å². The largest absolute Gasteiger partial charge is 0.457 e. The number of para-hydroxylation sites is 4. The first-order valence-corrected chi connectivity index (χ1v) is 32.7. The molecule has 16 aromatic rings. The second-order valence-corrected chi connectivity index (χ2v) is 26.0. The molecule has 0 fully saturated rings. The minimum atomic E-state index is -0.736. The molecule has 2 spiro atoms. The lowest BCUT2D eigenvalue weighted by Gasteiger charge is -2.39. The number of nitrogens with zero attached hydrogens (tertiary/aromatic N) is 6. The molecule has 10 aromatic carbocycles. The molecule has 0 unspecified atom stereocenters. The maximum atomic E-state index is 6.93. The Kier molecular flexibility index (Phi) is 12.0. The second kappa shape index (κ2) is 20.7. The maximum Gasteiger partial charge on any atom is 0.132 e. The molecule has 6 aromatic heterocycles. The Balaban J connectivity index is 0.000000124. The summed E-state index contributed by atoms with van der Waals surface area (Å²) < 4.78 is 20.0. The Morgan fingerprint density at radius 3 is 0.946 bits per heavy atom. The Labute approximate surface area is 552 Å². The lowest BCUT2D eigenvalue weighted by molar-refractivity contribution is 0.435. The van der Waals surface area contributed by atoms with Crippen molar-refractivity contribution < 1.29 is 9.47 Å². The van der Waals surface area contributed by atoms with Gasteiger partial charge in [0.15, 0.2) is 0 Å². The van der Waals surface area contributed by atoms with Gasteiger partial charge in [-0.25, -0.2) is 0 Å². The highest BCUT2D eigenvalue weighted by Crippen LogP contribution is 2.64. The highest BCUT2D eigenvalue weighted by molar-refractivity contribution is 9.10. The molecule has 0 N–H and O–H groups in total. The van der Waals surface area contributed by atoms with Gasteiger partial charge in [0.2, 0.25) is 0 Å². The molecule has 0 atom stereocenters. The van der Waals surface area contributed by atoms with Crippen LogP contribution in [0, 0.1) is 0 Å². The highest BCUT2D eigenvalue weighted by atomic mass is 79.9. The Bertz CT molecular complexity index is 5370. The van der Waals surface area contributed by atoms with E-state index >= 15 is 0 Å². The van der Waals surface area contributed by atoms with Gasteiger partial charge in [-0.1, -0.05) is 177 Å². The van der Waals surface area contributed by atoms with E-state index in [0.717, 1.165) is 117 Å². The van der Waals surface area contributed by atoms with Gasteiger partial charge >= 0.3 is 0 Å². The summed E-state index contributed by atoms with van der Waals surface area (Å²) in [7, 11) is 0. The first-order chi connectivity index (χ1) is 45.9. The third-order valence-electron chi connectivity index (χ3n) is 19.5. The van der Waals surface area contributed by atoms with Crippen LogP contribution >= 0.6 is 31.9 Å². The Hall–Kier alpha value is -11.0. The van der Waals surface area contributed by atoms with Crippen LogP contribution in [0.4, 0.5) is 0 Å². The van der Waals surface area contributed by atoms with Gasteiger partial charge in [0.1, 0.15) is 23.0 Å². The molecule has 2 aliphatic heterocycles. The van der Waals surface area contributed by atoms with Crippen molar-refractivity contribution in [3.05, 3.63) is 356 Å². The number of hydrogen-bond acceptors (Lipinski definition) is 6. The molecule has 8 heterocycles. The molecule has 0 amide bonds. The van der Waals surface area contributed by atoms with Crippen LogP contribution in [-0.2, 0) is 17.3 Å². The summed E-state index contributed by atoms with van der Waals surface area (Å²) in [5.74, 6) is 3.36. The third-order valence-corrected chi connectivity index (χ3v) is 20.5. The van der Waals surface area contributed by atoms with Crippen LogP contribution in [-0.4, -0.2) is 29.1 Å². The van der Waals surface area contributed by atoms with Crippen molar-refractivity contribution in [3.63, 3.8) is 0 Å². The second-order valence-electron chi connectivity index (χ2n) is 24.2. The van der Waals surface area contributed by atoms with Crippen LogP contribution in [0.15, 0.2) is 301 Å². The summed E-state index contributed by atoms with van der Waals surface area (Å²) in [6.45, 7) is 0. The van der Waals surface area contributed by atoms with Crippen molar-refractivity contribution in [2.75, 3.05) is 0 Å². The van der Waals surface area contributed by atoms with E-state index < -0.39 is 10.8 Å². The summed E-state index contributed by atoms with van der Waals surface area (Å²) in [5.41, 5.74) is 23.8. The Morgan fingerprint density at radius 1 is 0.290 bits per heavy atom. The van der Waals surface area contributed by atoms with Gasteiger partial charge in [-0.15, -0.1) is 0 Å². The van der Waals surface area contributed by atoms with Gasteiger partial charge in [0.25, 0.3) is 0 Å². The van der Waals surface area contributed by atoms with Gasteiger partial charge in [-0.05, 0) is 172 Å². The standard InChI is InChI=1S/C47H28N4O.C23H12Br2N2O.C13H10/c1-5-17-39-31(11-1)32-12-2-6-18-40(32)50(39)29-21-23-43-37(27-29)47(35-15-9-25-48-45(35)46-36(47)16-10-26-49-46)38-28-30(22-24-44(38)52-43)51-41-19-7-3-13-33(41)34-14-4-8-20-42(34)51;24-13-5-7-19-17(11-13)23(18-12-14(25)6-8-20(18)28-19)15-3-1-9-26-21(15)22-16(23)4-2-10-27-22;1-3-7-12-10(5-1)9-11-6-2-4-8-13(11)12/h1-28H;1-12H;1-8H,9H2.